The fourth-order valence-corrected chi connectivity index (χ4v) is 3.26. The van der Waals surface area contributed by atoms with E-state index in [1.54, 1.807) is 6.07 Å². The van der Waals surface area contributed by atoms with Gasteiger partial charge in [0.15, 0.2) is 0 Å². The van der Waals surface area contributed by atoms with E-state index in [0.29, 0.717) is 11.4 Å². The Morgan fingerprint density at radius 1 is 1.00 bits per heavy atom. The summed E-state index contributed by atoms with van der Waals surface area (Å²) >= 11 is 5.96. The van der Waals surface area contributed by atoms with Crippen LogP contribution in [0.5, 0.6) is 0 Å². The molecule has 0 aliphatic carbocycles. The fourth-order valence-electron chi connectivity index (χ4n) is 3.05. The van der Waals surface area contributed by atoms with Crippen LogP contribution in [0.1, 0.15) is 5.56 Å². The van der Waals surface area contributed by atoms with Crippen LogP contribution in [0.4, 0.5) is 20.6 Å². The molecule has 0 saturated heterocycles. The van der Waals surface area contributed by atoms with Gasteiger partial charge in [0.1, 0.15) is 12.1 Å². The molecule has 5 nitrogen and oxygen atoms in total. The number of hydrogen-bond acceptors (Lipinski definition) is 3. The lowest BCUT2D eigenvalue weighted by molar-refractivity contribution is 0.262. The Morgan fingerprint density at radius 3 is 2.66 bits per heavy atom. The van der Waals surface area contributed by atoms with E-state index in [-0.39, 0.29) is 5.02 Å². The molecule has 1 aromatic heterocycles. The Morgan fingerprint density at radius 2 is 1.83 bits per heavy atom. The first-order chi connectivity index (χ1) is 14.0. The third-order valence-corrected chi connectivity index (χ3v) is 4.79. The molecular formula is C22H16ClFN4O. The molecule has 3 aromatic carbocycles. The summed E-state index contributed by atoms with van der Waals surface area (Å²) in [4.78, 5) is 21.1. The van der Waals surface area contributed by atoms with Gasteiger partial charge in [0.2, 0.25) is 0 Å². The van der Waals surface area contributed by atoms with Gasteiger partial charge in [0, 0.05) is 16.6 Å². The lowest BCUT2D eigenvalue weighted by Crippen LogP contribution is -2.19. The van der Waals surface area contributed by atoms with Crippen molar-refractivity contribution in [2.24, 2.45) is 0 Å². The van der Waals surface area contributed by atoms with Crippen molar-refractivity contribution in [3.63, 3.8) is 0 Å². The molecule has 0 saturated carbocycles. The lowest BCUT2D eigenvalue weighted by Gasteiger charge is -2.12. The van der Waals surface area contributed by atoms with Crippen molar-refractivity contribution in [2.75, 3.05) is 10.6 Å². The minimum absolute atomic E-state index is 0.122. The van der Waals surface area contributed by atoms with E-state index in [2.05, 4.69) is 20.6 Å². The van der Waals surface area contributed by atoms with Gasteiger partial charge in [-0.25, -0.2) is 19.2 Å². The van der Waals surface area contributed by atoms with E-state index in [9.17, 15) is 9.18 Å². The number of aromatic nitrogens is 2. The van der Waals surface area contributed by atoms with Gasteiger partial charge in [0.25, 0.3) is 0 Å². The van der Waals surface area contributed by atoms with Crippen molar-refractivity contribution >= 4 is 39.9 Å². The summed E-state index contributed by atoms with van der Waals surface area (Å²) in [6.07, 6.45) is 1.53. The molecule has 0 aliphatic rings. The van der Waals surface area contributed by atoms with E-state index >= 15 is 0 Å². The molecule has 0 atom stereocenters. The van der Waals surface area contributed by atoms with Crippen LogP contribution >= 0.6 is 11.6 Å². The number of rotatable bonds is 3. The Balaban J connectivity index is 1.62. The largest absolute Gasteiger partial charge is 0.323 e. The van der Waals surface area contributed by atoms with Crippen LogP contribution in [0.15, 0.2) is 67.0 Å². The van der Waals surface area contributed by atoms with Gasteiger partial charge in [-0.15, -0.1) is 0 Å². The van der Waals surface area contributed by atoms with Crippen LogP contribution in [0.3, 0.4) is 0 Å². The second-order valence-electron chi connectivity index (χ2n) is 6.47. The number of aryl methyl sites for hydroxylation is 1. The topological polar surface area (TPSA) is 66.9 Å². The molecule has 4 rings (SSSR count). The van der Waals surface area contributed by atoms with Crippen LogP contribution in [-0.4, -0.2) is 16.0 Å². The molecule has 2 amide bonds. The van der Waals surface area contributed by atoms with Crippen molar-refractivity contribution in [3.05, 3.63) is 83.4 Å². The average molecular weight is 407 g/mol. The van der Waals surface area contributed by atoms with Crippen molar-refractivity contribution in [2.45, 2.75) is 6.92 Å². The van der Waals surface area contributed by atoms with Gasteiger partial charge in [0.05, 0.1) is 21.9 Å². The minimum atomic E-state index is -0.485. The lowest BCUT2D eigenvalue weighted by atomic mass is 10.0. The standard InChI is InChI=1S/C22H16ClFN4O/c1-13-6-8-15(27-22(29)28-20-9-7-14(24)10-18(20)23)11-17(13)21-16-4-2-3-5-19(16)25-12-26-21/h2-12H,1H3,(H2,27,28,29). The number of hydrogen-bond donors (Lipinski definition) is 2. The highest BCUT2D eigenvalue weighted by atomic mass is 35.5. The van der Waals surface area contributed by atoms with Gasteiger partial charge in [-0.3, -0.25) is 0 Å². The van der Waals surface area contributed by atoms with Crippen molar-refractivity contribution in [1.82, 2.24) is 9.97 Å². The minimum Gasteiger partial charge on any atom is -0.308 e. The zero-order chi connectivity index (χ0) is 20.4. The summed E-state index contributed by atoms with van der Waals surface area (Å²) in [5, 5.41) is 6.44. The van der Waals surface area contributed by atoms with E-state index in [1.165, 1.54) is 18.5 Å². The van der Waals surface area contributed by atoms with Gasteiger partial charge < -0.3 is 10.6 Å². The van der Waals surface area contributed by atoms with Gasteiger partial charge in [-0.05, 0) is 48.9 Å². The first-order valence-corrected chi connectivity index (χ1v) is 9.23. The molecule has 7 heteroatoms. The summed E-state index contributed by atoms with van der Waals surface area (Å²) in [5.41, 5.74) is 4.45. The van der Waals surface area contributed by atoms with Crippen LogP contribution in [-0.2, 0) is 0 Å². The molecule has 0 unspecified atom stereocenters. The number of benzene rings is 3. The first-order valence-electron chi connectivity index (χ1n) is 8.85. The highest BCUT2D eigenvalue weighted by molar-refractivity contribution is 6.33. The summed E-state index contributed by atoms with van der Waals surface area (Å²) in [5.74, 6) is -0.471. The van der Waals surface area contributed by atoms with Gasteiger partial charge in [-0.2, -0.15) is 0 Å². The second kappa shape index (κ2) is 7.85. The molecular weight excluding hydrogens is 391 g/mol. The third kappa shape index (κ3) is 4.02. The predicted molar refractivity (Wildman–Crippen MR) is 114 cm³/mol. The number of nitrogens with zero attached hydrogens (tertiary/aromatic N) is 2. The number of urea groups is 1. The van der Waals surface area contributed by atoms with Crippen LogP contribution in [0.2, 0.25) is 5.02 Å². The maximum Gasteiger partial charge on any atom is 0.323 e. The van der Waals surface area contributed by atoms with Crippen LogP contribution in [0, 0.1) is 12.7 Å². The van der Waals surface area contributed by atoms with Crippen molar-refractivity contribution in [3.8, 4) is 11.3 Å². The Labute approximate surface area is 171 Å². The summed E-state index contributed by atoms with van der Waals surface area (Å²) in [6, 6.07) is 16.6. The van der Waals surface area contributed by atoms with E-state index < -0.39 is 11.8 Å². The number of amides is 2. The Hall–Kier alpha value is -3.51. The number of anilines is 2. The third-order valence-electron chi connectivity index (χ3n) is 4.47. The van der Waals surface area contributed by atoms with Gasteiger partial charge in [-0.1, -0.05) is 35.9 Å². The number of carbonyl (C=O) groups is 1. The average Bonchev–Trinajstić information content (AvgIpc) is 2.71. The molecule has 2 N–H and O–H groups in total. The second-order valence-corrected chi connectivity index (χ2v) is 6.88. The van der Waals surface area contributed by atoms with Crippen molar-refractivity contribution in [1.29, 1.82) is 0 Å². The highest BCUT2D eigenvalue weighted by Crippen LogP contribution is 2.30. The molecule has 29 heavy (non-hydrogen) atoms. The maximum atomic E-state index is 13.2. The number of fused-ring (bicyclic) bond motifs is 1. The normalized spacial score (nSPS) is 10.7. The molecule has 0 bridgehead atoms. The zero-order valence-corrected chi connectivity index (χ0v) is 16.2. The number of halogens is 2. The molecule has 144 valence electrons. The number of carbonyl (C=O) groups excluding carboxylic acids is 1. The van der Waals surface area contributed by atoms with Crippen LogP contribution < -0.4 is 10.6 Å². The fraction of sp³-hybridized carbons (Fsp3) is 0.0455. The molecule has 0 fully saturated rings. The predicted octanol–water partition coefficient (Wildman–Crippen LogP) is 6.04. The zero-order valence-electron chi connectivity index (χ0n) is 15.4. The highest BCUT2D eigenvalue weighted by Gasteiger charge is 2.12. The first kappa shape index (κ1) is 18.8. The van der Waals surface area contributed by atoms with E-state index in [0.717, 1.165) is 33.8 Å². The monoisotopic (exact) mass is 406 g/mol. The summed E-state index contributed by atoms with van der Waals surface area (Å²) in [6.45, 7) is 1.98. The molecule has 1 heterocycles. The number of nitrogens with one attached hydrogen (secondary N) is 2. The smallest absolute Gasteiger partial charge is 0.308 e. The van der Waals surface area contributed by atoms with Gasteiger partial charge >= 0.3 is 6.03 Å². The molecule has 0 spiro atoms. The molecule has 0 radical (unpaired) electrons. The molecule has 4 aromatic rings. The SMILES string of the molecule is Cc1ccc(NC(=O)Nc2ccc(F)cc2Cl)cc1-c1ncnc2ccccc12. The summed E-state index contributed by atoms with van der Waals surface area (Å²) in [7, 11) is 0. The Bertz CT molecular complexity index is 1220. The molecule has 0 aliphatic heterocycles. The van der Waals surface area contributed by atoms with Crippen molar-refractivity contribution < 1.29 is 9.18 Å². The quantitative estimate of drug-likeness (QED) is 0.435. The van der Waals surface area contributed by atoms with Crippen LogP contribution in [0.25, 0.3) is 22.2 Å². The Kier molecular flexibility index (Phi) is 5.10. The van der Waals surface area contributed by atoms with E-state index in [4.69, 9.17) is 11.6 Å². The maximum absolute atomic E-state index is 13.2. The van der Waals surface area contributed by atoms with E-state index in [1.807, 2.05) is 43.3 Å². The summed E-state index contributed by atoms with van der Waals surface area (Å²) < 4.78 is 13.2. The number of para-hydroxylation sites is 1.